The zero-order chi connectivity index (χ0) is 24.5. The summed E-state index contributed by atoms with van der Waals surface area (Å²) in [5.74, 6) is -3.35. The van der Waals surface area contributed by atoms with Crippen LogP contribution in [-0.2, 0) is 14.3 Å². The van der Waals surface area contributed by atoms with Crippen LogP contribution in [-0.4, -0.2) is 59.1 Å². The molecule has 2 aliphatic carbocycles. The number of alkyl halides is 5. The highest BCUT2D eigenvalue weighted by atomic mass is 35.5. The van der Waals surface area contributed by atoms with Crippen molar-refractivity contribution in [3.63, 3.8) is 0 Å². The van der Waals surface area contributed by atoms with Crippen molar-refractivity contribution in [3.05, 3.63) is 0 Å². The zero-order valence-corrected chi connectivity index (χ0v) is 21.3. The second kappa shape index (κ2) is 11.3. The summed E-state index contributed by atoms with van der Waals surface area (Å²) >= 11 is 13.9. The van der Waals surface area contributed by atoms with Crippen molar-refractivity contribution < 1.29 is 27.5 Å². The fraction of sp³-hybridized carbons (Fsp3) is 0.913. The lowest BCUT2D eigenvalue weighted by Crippen LogP contribution is -2.51. The number of rotatable bonds is 5. The average molecular weight is 545 g/mol. The summed E-state index contributed by atoms with van der Waals surface area (Å²) in [7, 11) is 0. The van der Waals surface area contributed by atoms with Crippen molar-refractivity contribution in [1.29, 1.82) is 0 Å². The number of amides is 2. The second-order valence-corrected chi connectivity index (χ2v) is 12.7. The smallest absolute Gasteiger partial charge is 0.381 e. The van der Waals surface area contributed by atoms with Gasteiger partial charge in [0, 0.05) is 29.7 Å². The molecule has 5 nitrogen and oxygen atoms in total. The van der Waals surface area contributed by atoms with Gasteiger partial charge in [0.1, 0.15) is 0 Å². The van der Waals surface area contributed by atoms with Gasteiger partial charge in [-0.1, -0.05) is 6.42 Å². The van der Waals surface area contributed by atoms with E-state index in [1.54, 1.807) is 0 Å². The van der Waals surface area contributed by atoms with Gasteiger partial charge in [-0.3, -0.25) is 9.59 Å². The van der Waals surface area contributed by atoms with Crippen molar-refractivity contribution >= 4 is 46.8 Å². The molecule has 4 fully saturated rings. The lowest BCUT2D eigenvalue weighted by molar-refractivity contribution is -0.184. The van der Waals surface area contributed by atoms with Crippen LogP contribution in [0.3, 0.4) is 0 Å². The molecule has 4 rings (SSSR count). The highest BCUT2D eigenvalue weighted by Crippen LogP contribution is 2.47. The number of hydrogen-bond acceptors (Lipinski definition) is 4. The first-order valence-electron chi connectivity index (χ1n) is 12.3. The highest BCUT2D eigenvalue weighted by molar-refractivity contribution is 8.00. The fourth-order valence-corrected chi connectivity index (χ4v) is 8.41. The number of ether oxygens (including phenoxy) is 1. The van der Waals surface area contributed by atoms with Gasteiger partial charge in [0.05, 0.1) is 35.1 Å². The van der Waals surface area contributed by atoms with Crippen LogP contribution in [0.15, 0.2) is 0 Å². The van der Waals surface area contributed by atoms with Crippen LogP contribution in [0, 0.1) is 29.6 Å². The lowest BCUT2D eigenvalue weighted by atomic mass is 9.79. The number of thioether (sulfide) groups is 1. The van der Waals surface area contributed by atoms with Crippen LogP contribution < -0.4 is 10.6 Å². The largest absolute Gasteiger partial charge is 0.393 e. The van der Waals surface area contributed by atoms with E-state index in [0.717, 1.165) is 32.1 Å². The predicted molar refractivity (Wildman–Crippen MR) is 127 cm³/mol. The summed E-state index contributed by atoms with van der Waals surface area (Å²) in [5, 5.41) is 4.58. The molecule has 34 heavy (non-hydrogen) atoms. The Kier molecular flexibility index (Phi) is 8.90. The molecule has 2 aliphatic heterocycles. The van der Waals surface area contributed by atoms with E-state index in [1.165, 1.54) is 11.8 Å². The topological polar surface area (TPSA) is 67.4 Å². The molecule has 11 heteroatoms. The minimum Gasteiger partial charge on any atom is -0.381 e. The number of hydrogen-bond donors (Lipinski definition) is 2. The van der Waals surface area contributed by atoms with Gasteiger partial charge in [0.15, 0.2) is 0 Å². The van der Waals surface area contributed by atoms with Crippen LogP contribution in [0.1, 0.15) is 51.4 Å². The maximum Gasteiger partial charge on any atom is 0.393 e. The molecule has 194 valence electrons. The first-order chi connectivity index (χ1) is 16.1. The summed E-state index contributed by atoms with van der Waals surface area (Å²) in [6, 6.07) is 0. The predicted octanol–water partition coefficient (Wildman–Crippen LogP) is 4.70. The summed E-state index contributed by atoms with van der Waals surface area (Å²) in [4.78, 5) is 26.4. The molecule has 2 saturated carbocycles. The van der Waals surface area contributed by atoms with Gasteiger partial charge in [-0.25, -0.2) is 0 Å². The van der Waals surface area contributed by atoms with Gasteiger partial charge in [-0.15, -0.1) is 35.0 Å². The Hall–Kier alpha value is -0.380. The molecule has 2 amide bonds. The molecule has 7 unspecified atom stereocenters. The normalized spacial score (nSPS) is 40.9. The monoisotopic (exact) mass is 544 g/mol. The third-order valence-electron chi connectivity index (χ3n) is 7.93. The molecule has 2 N–H and O–H groups in total. The molecule has 2 heterocycles. The zero-order valence-electron chi connectivity index (χ0n) is 19.0. The Morgan fingerprint density at radius 2 is 1.74 bits per heavy atom. The Morgan fingerprint density at radius 1 is 1.00 bits per heavy atom. The Balaban J connectivity index is 1.40. The van der Waals surface area contributed by atoms with Gasteiger partial charge in [0.25, 0.3) is 0 Å². The molecule has 0 aromatic heterocycles. The molecular formula is C23H33Cl2F3N2O3S. The van der Waals surface area contributed by atoms with E-state index in [1.807, 2.05) is 0 Å². The van der Waals surface area contributed by atoms with E-state index in [0.29, 0.717) is 38.5 Å². The van der Waals surface area contributed by atoms with Crippen LogP contribution >= 0.6 is 35.0 Å². The summed E-state index contributed by atoms with van der Waals surface area (Å²) < 4.78 is 45.7. The molecule has 7 atom stereocenters. The maximum absolute atomic E-state index is 13.4. The lowest BCUT2D eigenvalue weighted by Gasteiger charge is -2.35. The van der Waals surface area contributed by atoms with Crippen molar-refractivity contribution in [3.8, 4) is 0 Å². The summed E-state index contributed by atoms with van der Waals surface area (Å²) in [6.07, 6.45) is 0.754. The minimum absolute atomic E-state index is 0.0382. The highest BCUT2D eigenvalue weighted by Gasteiger charge is 2.52. The van der Waals surface area contributed by atoms with E-state index in [2.05, 4.69) is 10.6 Å². The van der Waals surface area contributed by atoms with Crippen molar-refractivity contribution in [2.45, 2.75) is 78.9 Å². The molecule has 2 saturated heterocycles. The van der Waals surface area contributed by atoms with Crippen LogP contribution in [0.5, 0.6) is 0 Å². The van der Waals surface area contributed by atoms with Crippen molar-refractivity contribution in [2.75, 3.05) is 19.8 Å². The first-order valence-corrected chi connectivity index (χ1v) is 14.1. The quantitative estimate of drug-likeness (QED) is 0.492. The number of halogens is 5. The minimum atomic E-state index is -4.43. The first kappa shape index (κ1) is 26.7. The van der Waals surface area contributed by atoms with Gasteiger partial charge in [-0.2, -0.15) is 13.2 Å². The Labute approximate surface area is 213 Å². The standard InChI is InChI=1S/C23H33Cl2F3N2O3S/c24-13-6-4-12(5-7-13)10-29-21(32)18-15-11-33-9-8-17(15)34-22(18)30-20(31)14-2-1-3-16(19(14)25)23(26,27)28/h12-19,22H,1-11H2,(H,29,32)(H,30,31). The molecule has 4 aliphatic rings. The molecule has 0 aromatic carbocycles. The Bertz CT molecular complexity index is 739. The molecule has 0 bridgehead atoms. The molecule has 0 radical (unpaired) electrons. The number of carbonyl (C=O) groups excluding carboxylic acids is 2. The SMILES string of the molecule is O=C(NC1SC2CCOCC2C1C(=O)NCC1CCC(Cl)CC1)C1CCCC(C(F)(F)F)C1Cl. The fourth-order valence-electron chi connectivity index (χ4n) is 5.91. The molecule has 0 spiro atoms. The summed E-state index contributed by atoms with van der Waals surface area (Å²) in [5.41, 5.74) is 0. The Morgan fingerprint density at radius 3 is 2.44 bits per heavy atom. The van der Waals surface area contributed by atoms with Gasteiger partial charge in [-0.05, 0) is 50.9 Å². The van der Waals surface area contributed by atoms with Gasteiger partial charge >= 0.3 is 6.18 Å². The van der Waals surface area contributed by atoms with Crippen LogP contribution in [0.2, 0.25) is 0 Å². The van der Waals surface area contributed by atoms with Gasteiger partial charge < -0.3 is 15.4 Å². The number of fused-ring (bicyclic) bond motifs is 1. The summed E-state index contributed by atoms with van der Waals surface area (Å²) in [6.45, 7) is 1.61. The van der Waals surface area contributed by atoms with E-state index in [9.17, 15) is 22.8 Å². The van der Waals surface area contributed by atoms with E-state index in [4.69, 9.17) is 27.9 Å². The third-order valence-corrected chi connectivity index (χ3v) is 10.6. The van der Waals surface area contributed by atoms with E-state index < -0.39 is 40.6 Å². The van der Waals surface area contributed by atoms with Crippen LogP contribution in [0.4, 0.5) is 13.2 Å². The second-order valence-electron chi connectivity index (χ2n) is 10.2. The average Bonchev–Trinajstić information content (AvgIpc) is 3.15. The van der Waals surface area contributed by atoms with Gasteiger partial charge in [0.2, 0.25) is 11.8 Å². The van der Waals surface area contributed by atoms with Crippen molar-refractivity contribution in [2.24, 2.45) is 29.6 Å². The van der Waals surface area contributed by atoms with E-state index >= 15 is 0 Å². The van der Waals surface area contributed by atoms with E-state index in [-0.39, 0.29) is 28.9 Å². The molecular weight excluding hydrogens is 512 g/mol. The maximum atomic E-state index is 13.4. The van der Waals surface area contributed by atoms with Crippen molar-refractivity contribution in [1.82, 2.24) is 10.6 Å². The number of nitrogens with one attached hydrogen (secondary N) is 2. The number of carbonyl (C=O) groups is 2. The third kappa shape index (κ3) is 6.12. The van der Waals surface area contributed by atoms with Crippen LogP contribution in [0.25, 0.3) is 0 Å². The molecule has 0 aromatic rings.